The van der Waals surface area contributed by atoms with Crippen molar-refractivity contribution < 1.29 is 4.79 Å². The number of aryl methyl sites for hydroxylation is 1. The quantitative estimate of drug-likeness (QED) is 0.778. The molecule has 0 unspecified atom stereocenters. The van der Waals surface area contributed by atoms with Crippen molar-refractivity contribution in [3.05, 3.63) is 16.8 Å². The van der Waals surface area contributed by atoms with Gasteiger partial charge in [-0.1, -0.05) is 6.92 Å². The van der Waals surface area contributed by atoms with E-state index < -0.39 is 0 Å². The maximum absolute atomic E-state index is 12.6. The number of amides is 1. The molecule has 1 aliphatic heterocycles. The van der Waals surface area contributed by atoms with Crippen molar-refractivity contribution in [1.82, 2.24) is 25.1 Å². The predicted octanol–water partition coefficient (Wildman–Crippen LogP) is 1.82. The van der Waals surface area contributed by atoms with Gasteiger partial charge in [0.1, 0.15) is 17.0 Å². The molecule has 2 aromatic rings. The van der Waals surface area contributed by atoms with Gasteiger partial charge in [-0.15, -0.1) is 11.3 Å². The first kappa shape index (κ1) is 20.0. The van der Waals surface area contributed by atoms with Gasteiger partial charge in [0, 0.05) is 39.3 Å². The highest BCUT2D eigenvalue weighted by Crippen LogP contribution is 2.35. The third kappa shape index (κ3) is 4.56. The molecule has 0 spiro atoms. The number of likely N-dealkylation sites (N-methyl/N-ethyl adjacent to an activating group) is 1. The second-order valence-electron chi connectivity index (χ2n) is 7.32. The van der Waals surface area contributed by atoms with Crippen LogP contribution in [-0.4, -0.2) is 85.6 Å². The summed E-state index contributed by atoms with van der Waals surface area (Å²) in [5.74, 6) is 0.952. The number of nitrogens with one attached hydrogen (secondary N) is 1. The van der Waals surface area contributed by atoms with Crippen molar-refractivity contribution in [2.24, 2.45) is 0 Å². The summed E-state index contributed by atoms with van der Waals surface area (Å²) in [5.41, 5.74) is 0.990. The molecule has 0 saturated carbocycles. The first-order chi connectivity index (χ1) is 13.0. The molecular weight excluding hydrogens is 360 g/mol. The molecule has 2 aromatic heterocycles. The smallest absolute Gasteiger partial charge is 0.261 e. The molecule has 0 aliphatic carbocycles. The molecule has 27 heavy (non-hydrogen) atoms. The molecule has 8 heteroatoms. The summed E-state index contributed by atoms with van der Waals surface area (Å²) >= 11 is 1.46. The Morgan fingerprint density at radius 2 is 2.00 bits per heavy atom. The number of anilines is 1. The third-order valence-corrected chi connectivity index (χ3v) is 6.17. The lowest BCUT2D eigenvalue weighted by Crippen LogP contribution is -2.46. The zero-order valence-corrected chi connectivity index (χ0v) is 17.6. The van der Waals surface area contributed by atoms with E-state index in [-0.39, 0.29) is 5.91 Å². The molecule has 148 valence electrons. The van der Waals surface area contributed by atoms with Crippen LogP contribution in [0.15, 0.2) is 6.33 Å². The monoisotopic (exact) mass is 390 g/mol. The highest BCUT2D eigenvalue weighted by atomic mass is 32.1. The van der Waals surface area contributed by atoms with Gasteiger partial charge in [-0.2, -0.15) is 0 Å². The number of aromatic nitrogens is 2. The summed E-state index contributed by atoms with van der Waals surface area (Å²) in [6.07, 6.45) is 2.81. The van der Waals surface area contributed by atoms with Gasteiger partial charge in [-0.05, 0) is 39.5 Å². The van der Waals surface area contributed by atoms with Crippen LogP contribution in [0.2, 0.25) is 0 Å². The number of hydrogen-bond acceptors (Lipinski definition) is 7. The topological polar surface area (TPSA) is 64.6 Å². The average molecular weight is 391 g/mol. The first-order valence-corrected chi connectivity index (χ1v) is 10.5. The molecule has 0 aromatic carbocycles. The highest BCUT2D eigenvalue weighted by molar-refractivity contribution is 7.20. The van der Waals surface area contributed by atoms with E-state index in [0.717, 1.165) is 65.7 Å². The largest absolute Gasteiger partial charge is 0.353 e. The Balaban J connectivity index is 1.80. The number of piperazine rings is 1. The second kappa shape index (κ2) is 8.95. The Hall–Kier alpha value is -1.77. The summed E-state index contributed by atoms with van der Waals surface area (Å²) in [5, 5.41) is 4.04. The van der Waals surface area contributed by atoms with E-state index in [1.807, 2.05) is 21.0 Å². The zero-order chi connectivity index (χ0) is 19.4. The number of nitrogens with zero attached hydrogens (tertiary/aromatic N) is 5. The van der Waals surface area contributed by atoms with E-state index in [1.165, 1.54) is 17.8 Å². The van der Waals surface area contributed by atoms with Crippen LogP contribution in [0.4, 0.5) is 5.82 Å². The molecule has 0 radical (unpaired) electrons. The van der Waals surface area contributed by atoms with E-state index in [0.29, 0.717) is 6.54 Å². The number of carbonyl (C=O) groups excluding carboxylic acids is 1. The molecule has 1 fully saturated rings. The number of hydrogen-bond donors (Lipinski definition) is 1. The van der Waals surface area contributed by atoms with Gasteiger partial charge in [-0.25, -0.2) is 9.97 Å². The van der Waals surface area contributed by atoms with Crippen LogP contribution >= 0.6 is 11.3 Å². The van der Waals surface area contributed by atoms with E-state index >= 15 is 0 Å². The lowest BCUT2D eigenvalue weighted by molar-refractivity contribution is 0.0954. The normalized spacial score (nSPS) is 15.7. The minimum absolute atomic E-state index is 0.0175. The van der Waals surface area contributed by atoms with Gasteiger partial charge in [0.15, 0.2) is 0 Å². The number of fused-ring (bicyclic) bond motifs is 1. The fourth-order valence-electron chi connectivity index (χ4n) is 3.48. The second-order valence-corrected chi connectivity index (χ2v) is 8.32. The molecule has 1 N–H and O–H groups in total. The van der Waals surface area contributed by atoms with Crippen molar-refractivity contribution in [3.63, 3.8) is 0 Å². The van der Waals surface area contributed by atoms with Gasteiger partial charge in [0.05, 0.1) is 10.3 Å². The highest BCUT2D eigenvalue weighted by Gasteiger charge is 2.24. The molecule has 3 heterocycles. The summed E-state index contributed by atoms with van der Waals surface area (Å²) in [7, 11) is 4.00. The van der Waals surface area contributed by atoms with Crippen LogP contribution < -0.4 is 10.2 Å². The Bertz CT molecular complexity index is 782. The number of thiophene rings is 1. The van der Waals surface area contributed by atoms with E-state index in [2.05, 4.69) is 36.9 Å². The minimum atomic E-state index is -0.0175. The van der Waals surface area contributed by atoms with E-state index in [9.17, 15) is 4.79 Å². The van der Waals surface area contributed by atoms with Gasteiger partial charge in [0.25, 0.3) is 5.91 Å². The van der Waals surface area contributed by atoms with Crippen LogP contribution in [0.25, 0.3) is 10.2 Å². The summed E-state index contributed by atoms with van der Waals surface area (Å²) in [6.45, 7) is 10.9. The van der Waals surface area contributed by atoms with E-state index in [4.69, 9.17) is 0 Å². The fourth-order valence-corrected chi connectivity index (χ4v) is 4.54. The van der Waals surface area contributed by atoms with Crippen LogP contribution in [0.5, 0.6) is 0 Å². The van der Waals surface area contributed by atoms with Crippen molar-refractivity contribution in [2.75, 3.05) is 64.8 Å². The average Bonchev–Trinajstić information content (AvgIpc) is 2.99. The summed E-state index contributed by atoms with van der Waals surface area (Å²) in [6, 6.07) is 0. The summed E-state index contributed by atoms with van der Waals surface area (Å²) < 4.78 is 0. The predicted molar refractivity (Wildman–Crippen MR) is 112 cm³/mol. The maximum atomic E-state index is 12.6. The molecule has 1 amide bonds. The standard InChI is InChI=1S/C19H30N6OS/c1-5-7-24-9-11-25(12-10-24)17-15-14(2)16(27-19(15)22-13-21-17)18(26)20-6-8-23(3)4/h13H,5-12H2,1-4H3,(H,20,26). The van der Waals surface area contributed by atoms with Crippen LogP contribution in [-0.2, 0) is 0 Å². The van der Waals surface area contributed by atoms with Gasteiger partial charge < -0.3 is 15.1 Å². The van der Waals surface area contributed by atoms with Gasteiger partial charge in [-0.3, -0.25) is 9.69 Å². The molecule has 1 saturated heterocycles. The maximum Gasteiger partial charge on any atom is 0.261 e. The molecular formula is C19H30N6OS. The molecule has 7 nitrogen and oxygen atoms in total. The van der Waals surface area contributed by atoms with Gasteiger partial charge >= 0.3 is 0 Å². The molecule has 0 atom stereocenters. The lowest BCUT2D eigenvalue weighted by atomic mass is 10.1. The van der Waals surface area contributed by atoms with Crippen molar-refractivity contribution in [3.8, 4) is 0 Å². The summed E-state index contributed by atoms with van der Waals surface area (Å²) in [4.78, 5) is 30.2. The molecule has 0 bridgehead atoms. The van der Waals surface area contributed by atoms with Gasteiger partial charge in [0.2, 0.25) is 0 Å². The number of rotatable bonds is 7. The van der Waals surface area contributed by atoms with Crippen LogP contribution in [0.1, 0.15) is 28.6 Å². The Morgan fingerprint density at radius 3 is 2.67 bits per heavy atom. The Morgan fingerprint density at radius 1 is 1.26 bits per heavy atom. The third-order valence-electron chi connectivity index (χ3n) is 4.97. The zero-order valence-electron chi connectivity index (χ0n) is 16.8. The number of carbonyl (C=O) groups is 1. The van der Waals surface area contributed by atoms with Crippen LogP contribution in [0, 0.1) is 6.92 Å². The Kier molecular flexibility index (Phi) is 6.62. The molecule has 1 aliphatic rings. The fraction of sp³-hybridized carbons (Fsp3) is 0.632. The van der Waals surface area contributed by atoms with Crippen molar-refractivity contribution >= 4 is 33.3 Å². The minimum Gasteiger partial charge on any atom is -0.353 e. The SMILES string of the molecule is CCCN1CCN(c2ncnc3sc(C(=O)NCCN(C)C)c(C)c23)CC1. The van der Waals surface area contributed by atoms with Crippen molar-refractivity contribution in [1.29, 1.82) is 0 Å². The first-order valence-electron chi connectivity index (χ1n) is 9.65. The van der Waals surface area contributed by atoms with Crippen molar-refractivity contribution in [2.45, 2.75) is 20.3 Å². The molecule has 3 rings (SSSR count). The lowest BCUT2D eigenvalue weighted by Gasteiger charge is -2.35. The van der Waals surface area contributed by atoms with E-state index in [1.54, 1.807) is 6.33 Å². The van der Waals surface area contributed by atoms with Crippen LogP contribution in [0.3, 0.4) is 0 Å². The Labute approximate surface area is 165 Å².